The summed E-state index contributed by atoms with van der Waals surface area (Å²) >= 11 is 3.02. The highest BCUT2D eigenvalue weighted by atomic mass is 79.9. The minimum absolute atomic E-state index is 0.00665. The molecule has 1 N–H and O–H groups in total. The molecule has 0 saturated carbocycles. The average Bonchev–Trinajstić information content (AvgIpc) is 2.40. The number of halogens is 4. The minimum atomic E-state index is -4.44. The number of alkyl halides is 3. The molecule has 106 valence electrons. The van der Waals surface area contributed by atoms with Crippen LogP contribution in [0.1, 0.15) is 11.1 Å². The summed E-state index contributed by atoms with van der Waals surface area (Å²) in [6.07, 6.45) is -3.08. The SMILES string of the molecule is O=c1[nH]ccc(OCc2ccccc2C(F)(F)F)c1Br. The number of benzene rings is 1. The van der Waals surface area contributed by atoms with Gasteiger partial charge in [-0.3, -0.25) is 4.79 Å². The van der Waals surface area contributed by atoms with Crippen molar-refractivity contribution in [3.05, 3.63) is 62.5 Å². The largest absolute Gasteiger partial charge is 0.487 e. The second kappa shape index (κ2) is 5.70. The molecule has 0 aliphatic carbocycles. The van der Waals surface area contributed by atoms with Crippen LogP contribution in [-0.2, 0) is 12.8 Å². The Hall–Kier alpha value is -1.76. The molecular formula is C13H9BrF3NO2. The Kier molecular flexibility index (Phi) is 4.17. The van der Waals surface area contributed by atoms with Crippen LogP contribution in [0.25, 0.3) is 0 Å². The summed E-state index contributed by atoms with van der Waals surface area (Å²) < 4.78 is 43.8. The Morgan fingerprint density at radius 2 is 1.90 bits per heavy atom. The molecule has 2 aromatic rings. The second-order valence-corrected chi connectivity index (χ2v) is 4.72. The van der Waals surface area contributed by atoms with Crippen molar-refractivity contribution >= 4 is 15.9 Å². The van der Waals surface area contributed by atoms with Gasteiger partial charge in [0, 0.05) is 11.8 Å². The third-order valence-corrected chi connectivity index (χ3v) is 3.32. The van der Waals surface area contributed by atoms with Gasteiger partial charge in [0.25, 0.3) is 5.56 Å². The fourth-order valence-corrected chi connectivity index (χ4v) is 1.99. The molecule has 0 saturated heterocycles. The summed E-state index contributed by atoms with van der Waals surface area (Å²) in [5, 5.41) is 0. The van der Waals surface area contributed by atoms with Gasteiger partial charge in [0.1, 0.15) is 16.8 Å². The quantitative estimate of drug-likeness (QED) is 0.918. The lowest BCUT2D eigenvalue weighted by Gasteiger charge is -2.13. The van der Waals surface area contributed by atoms with Gasteiger partial charge in [-0.05, 0) is 28.1 Å². The topological polar surface area (TPSA) is 42.1 Å². The molecule has 7 heteroatoms. The van der Waals surface area contributed by atoms with E-state index in [0.717, 1.165) is 6.07 Å². The van der Waals surface area contributed by atoms with Crippen molar-refractivity contribution in [2.75, 3.05) is 0 Å². The van der Waals surface area contributed by atoms with Crippen LogP contribution in [0.3, 0.4) is 0 Å². The summed E-state index contributed by atoms with van der Waals surface area (Å²) in [5.74, 6) is 0.186. The molecule has 20 heavy (non-hydrogen) atoms. The van der Waals surface area contributed by atoms with Crippen molar-refractivity contribution < 1.29 is 17.9 Å². The standard InChI is InChI=1S/C13H9BrF3NO2/c14-11-10(5-6-18-12(11)19)20-7-8-3-1-2-4-9(8)13(15,16)17/h1-6H,7H2,(H,18,19). The summed E-state index contributed by atoms with van der Waals surface area (Å²) in [6, 6.07) is 6.60. The predicted molar refractivity (Wildman–Crippen MR) is 70.5 cm³/mol. The van der Waals surface area contributed by atoms with Gasteiger partial charge in [0.15, 0.2) is 0 Å². The van der Waals surface area contributed by atoms with Crippen LogP contribution >= 0.6 is 15.9 Å². The smallest absolute Gasteiger partial charge is 0.416 e. The van der Waals surface area contributed by atoms with E-state index in [4.69, 9.17) is 4.74 Å². The molecule has 0 radical (unpaired) electrons. The first-order valence-corrected chi connectivity index (χ1v) is 6.34. The molecule has 0 fully saturated rings. The predicted octanol–water partition coefficient (Wildman–Crippen LogP) is 3.74. The normalized spacial score (nSPS) is 11.4. The number of H-pyrrole nitrogens is 1. The van der Waals surface area contributed by atoms with E-state index in [1.165, 1.54) is 30.5 Å². The highest BCUT2D eigenvalue weighted by Gasteiger charge is 2.33. The molecule has 0 aliphatic heterocycles. The van der Waals surface area contributed by atoms with Crippen LogP contribution in [0.15, 0.2) is 45.8 Å². The molecule has 0 atom stereocenters. The molecule has 0 spiro atoms. The monoisotopic (exact) mass is 347 g/mol. The zero-order valence-corrected chi connectivity index (χ0v) is 11.6. The Morgan fingerprint density at radius 1 is 1.20 bits per heavy atom. The number of aromatic amines is 1. The lowest BCUT2D eigenvalue weighted by atomic mass is 10.1. The number of ether oxygens (including phenoxy) is 1. The first-order chi connectivity index (χ1) is 9.39. The molecule has 0 bridgehead atoms. The van der Waals surface area contributed by atoms with E-state index in [-0.39, 0.29) is 22.4 Å². The fourth-order valence-electron chi connectivity index (χ4n) is 1.63. The van der Waals surface area contributed by atoms with E-state index in [2.05, 4.69) is 20.9 Å². The van der Waals surface area contributed by atoms with Crippen LogP contribution < -0.4 is 10.3 Å². The molecule has 1 heterocycles. The summed E-state index contributed by atoms with van der Waals surface area (Å²) in [6.45, 7) is -0.280. The zero-order chi connectivity index (χ0) is 14.8. The van der Waals surface area contributed by atoms with E-state index in [0.29, 0.717) is 0 Å². The lowest BCUT2D eigenvalue weighted by Crippen LogP contribution is -2.12. The number of hydrogen-bond donors (Lipinski definition) is 1. The molecule has 2 rings (SSSR count). The van der Waals surface area contributed by atoms with Crippen LogP contribution in [0, 0.1) is 0 Å². The molecule has 0 unspecified atom stereocenters. The Balaban J connectivity index is 2.24. The van der Waals surface area contributed by atoms with Gasteiger partial charge in [-0.2, -0.15) is 13.2 Å². The summed E-state index contributed by atoms with van der Waals surface area (Å²) in [7, 11) is 0. The van der Waals surface area contributed by atoms with E-state index in [1.54, 1.807) is 0 Å². The Bertz CT molecular complexity index is 667. The van der Waals surface area contributed by atoms with Crippen molar-refractivity contribution in [1.82, 2.24) is 4.98 Å². The molecular weight excluding hydrogens is 339 g/mol. The number of aromatic nitrogens is 1. The molecule has 1 aromatic carbocycles. The van der Waals surface area contributed by atoms with Crippen LogP contribution in [0.2, 0.25) is 0 Å². The van der Waals surface area contributed by atoms with Crippen molar-refractivity contribution in [2.24, 2.45) is 0 Å². The van der Waals surface area contributed by atoms with E-state index in [9.17, 15) is 18.0 Å². The molecule has 3 nitrogen and oxygen atoms in total. The number of rotatable bonds is 3. The highest BCUT2D eigenvalue weighted by Crippen LogP contribution is 2.32. The van der Waals surface area contributed by atoms with Gasteiger partial charge < -0.3 is 9.72 Å². The van der Waals surface area contributed by atoms with Crippen molar-refractivity contribution in [3.63, 3.8) is 0 Å². The van der Waals surface area contributed by atoms with Gasteiger partial charge in [0.05, 0.1) is 5.56 Å². The van der Waals surface area contributed by atoms with Gasteiger partial charge in [-0.15, -0.1) is 0 Å². The minimum Gasteiger partial charge on any atom is -0.487 e. The molecule has 1 aromatic heterocycles. The van der Waals surface area contributed by atoms with E-state index in [1.807, 2.05) is 0 Å². The zero-order valence-electron chi connectivity index (χ0n) is 10.00. The number of hydrogen-bond acceptors (Lipinski definition) is 2. The van der Waals surface area contributed by atoms with Crippen molar-refractivity contribution in [2.45, 2.75) is 12.8 Å². The van der Waals surface area contributed by atoms with Gasteiger partial charge in [-0.1, -0.05) is 18.2 Å². The van der Waals surface area contributed by atoms with Gasteiger partial charge in [0.2, 0.25) is 0 Å². The van der Waals surface area contributed by atoms with Gasteiger partial charge >= 0.3 is 6.18 Å². The maximum atomic E-state index is 12.8. The number of nitrogens with one attached hydrogen (secondary N) is 1. The Labute approximate surface area is 120 Å². The van der Waals surface area contributed by atoms with Crippen LogP contribution in [0.4, 0.5) is 13.2 Å². The third kappa shape index (κ3) is 3.22. The van der Waals surface area contributed by atoms with Crippen LogP contribution in [0.5, 0.6) is 5.75 Å². The average molecular weight is 348 g/mol. The molecule has 0 amide bonds. The highest BCUT2D eigenvalue weighted by molar-refractivity contribution is 9.10. The van der Waals surface area contributed by atoms with E-state index < -0.39 is 17.3 Å². The van der Waals surface area contributed by atoms with E-state index >= 15 is 0 Å². The maximum absolute atomic E-state index is 12.8. The first-order valence-electron chi connectivity index (χ1n) is 5.54. The lowest BCUT2D eigenvalue weighted by molar-refractivity contribution is -0.138. The maximum Gasteiger partial charge on any atom is 0.416 e. The Morgan fingerprint density at radius 3 is 2.60 bits per heavy atom. The number of pyridine rings is 1. The summed E-state index contributed by atoms with van der Waals surface area (Å²) in [4.78, 5) is 13.7. The van der Waals surface area contributed by atoms with Crippen LogP contribution in [-0.4, -0.2) is 4.98 Å². The first kappa shape index (κ1) is 14.6. The third-order valence-electron chi connectivity index (χ3n) is 2.57. The van der Waals surface area contributed by atoms with Gasteiger partial charge in [-0.25, -0.2) is 0 Å². The van der Waals surface area contributed by atoms with Crippen molar-refractivity contribution in [1.29, 1.82) is 0 Å². The fraction of sp³-hybridized carbons (Fsp3) is 0.154. The van der Waals surface area contributed by atoms with Crippen molar-refractivity contribution in [3.8, 4) is 5.75 Å². The second-order valence-electron chi connectivity index (χ2n) is 3.93. The molecule has 0 aliphatic rings. The summed E-state index contributed by atoms with van der Waals surface area (Å²) in [5.41, 5.74) is -1.15.